The fourth-order valence-electron chi connectivity index (χ4n) is 5.31. The lowest BCUT2D eigenvalue weighted by Gasteiger charge is -2.37. The summed E-state index contributed by atoms with van der Waals surface area (Å²) in [6.45, 7) is 0.544. The van der Waals surface area contributed by atoms with Crippen molar-refractivity contribution in [2.75, 3.05) is 5.43 Å². The standard InChI is InChI=1S/C24H26N4O/c25-26-22-20-19-11-5-4-10-18(19)16-24(13-6-7-14-24)21(20)23(29)28(27-22)15-12-17-8-2-1-3-9-17/h1-5,8-11H,6-7,12-16,25H2,(H,26,27). The van der Waals surface area contributed by atoms with Crippen LogP contribution >= 0.6 is 0 Å². The van der Waals surface area contributed by atoms with Crippen molar-refractivity contribution in [2.45, 2.75) is 50.5 Å². The number of anilines is 1. The molecule has 1 heterocycles. The Morgan fingerprint density at radius 1 is 1.03 bits per heavy atom. The summed E-state index contributed by atoms with van der Waals surface area (Å²) < 4.78 is 1.62. The van der Waals surface area contributed by atoms with Crippen LogP contribution in [0.25, 0.3) is 11.1 Å². The molecule has 2 aliphatic carbocycles. The minimum absolute atomic E-state index is 0.0475. The molecule has 1 spiro atoms. The summed E-state index contributed by atoms with van der Waals surface area (Å²) in [7, 11) is 0. The molecule has 0 radical (unpaired) electrons. The number of aryl methyl sites for hydroxylation is 2. The van der Waals surface area contributed by atoms with Crippen LogP contribution in [0.15, 0.2) is 59.4 Å². The van der Waals surface area contributed by atoms with Gasteiger partial charge in [0, 0.05) is 23.1 Å². The molecule has 1 fully saturated rings. The summed E-state index contributed by atoms with van der Waals surface area (Å²) in [5.41, 5.74) is 8.17. The van der Waals surface area contributed by atoms with Gasteiger partial charge in [0.2, 0.25) is 0 Å². The molecule has 2 aromatic carbocycles. The van der Waals surface area contributed by atoms with E-state index < -0.39 is 0 Å². The highest BCUT2D eigenvalue weighted by atomic mass is 16.1. The molecule has 0 atom stereocenters. The lowest BCUT2D eigenvalue weighted by atomic mass is 9.67. The lowest BCUT2D eigenvalue weighted by Crippen LogP contribution is -2.41. The van der Waals surface area contributed by atoms with Crippen molar-refractivity contribution in [3.8, 4) is 11.1 Å². The van der Waals surface area contributed by atoms with Crippen molar-refractivity contribution in [2.24, 2.45) is 5.84 Å². The number of fused-ring (bicyclic) bond motifs is 4. The van der Waals surface area contributed by atoms with Crippen molar-refractivity contribution in [3.63, 3.8) is 0 Å². The SMILES string of the molecule is NNc1nn(CCc2ccccc2)c(=O)c2c1-c1ccccc1CC21CCCC1. The van der Waals surface area contributed by atoms with E-state index in [1.165, 1.54) is 24.0 Å². The zero-order chi connectivity index (χ0) is 19.8. The van der Waals surface area contributed by atoms with E-state index in [1.54, 1.807) is 4.68 Å². The van der Waals surface area contributed by atoms with E-state index in [0.29, 0.717) is 12.4 Å². The molecule has 0 unspecified atom stereocenters. The minimum Gasteiger partial charge on any atom is -0.307 e. The molecular formula is C24H26N4O. The Hall–Kier alpha value is -2.92. The Morgan fingerprint density at radius 2 is 1.76 bits per heavy atom. The predicted molar refractivity (Wildman–Crippen MR) is 116 cm³/mol. The number of nitrogens with two attached hydrogens (primary N) is 1. The molecule has 1 saturated carbocycles. The average molecular weight is 386 g/mol. The Morgan fingerprint density at radius 3 is 2.52 bits per heavy atom. The van der Waals surface area contributed by atoms with Crippen molar-refractivity contribution in [1.29, 1.82) is 0 Å². The molecule has 148 valence electrons. The molecule has 3 N–H and O–H groups in total. The minimum atomic E-state index is -0.0934. The Balaban J connectivity index is 1.67. The van der Waals surface area contributed by atoms with Gasteiger partial charge in [-0.3, -0.25) is 4.79 Å². The second-order valence-electron chi connectivity index (χ2n) is 8.33. The van der Waals surface area contributed by atoms with Gasteiger partial charge in [-0.2, -0.15) is 5.10 Å². The van der Waals surface area contributed by atoms with E-state index in [1.807, 2.05) is 24.3 Å². The number of rotatable bonds is 4. The summed E-state index contributed by atoms with van der Waals surface area (Å²) in [5.74, 6) is 6.52. The van der Waals surface area contributed by atoms with E-state index in [0.717, 1.165) is 42.4 Å². The molecular weight excluding hydrogens is 360 g/mol. The largest absolute Gasteiger partial charge is 0.307 e. The molecule has 0 bridgehead atoms. The first-order chi connectivity index (χ1) is 14.2. The summed E-state index contributed by atoms with van der Waals surface area (Å²) in [6, 6.07) is 18.6. The molecule has 5 nitrogen and oxygen atoms in total. The number of benzene rings is 2. The quantitative estimate of drug-likeness (QED) is 0.528. The van der Waals surface area contributed by atoms with Crippen LogP contribution in [0.1, 0.15) is 42.4 Å². The maximum absolute atomic E-state index is 13.7. The fourth-order valence-corrected chi connectivity index (χ4v) is 5.31. The molecule has 5 rings (SSSR count). The van der Waals surface area contributed by atoms with Crippen LogP contribution in [0, 0.1) is 0 Å². The van der Waals surface area contributed by atoms with E-state index >= 15 is 0 Å². The van der Waals surface area contributed by atoms with Crippen LogP contribution in [0.3, 0.4) is 0 Å². The third-order valence-corrected chi connectivity index (χ3v) is 6.65. The van der Waals surface area contributed by atoms with E-state index in [2.05, 4.69) is 40.9 Å². The normalized spacial score (nSPS) is 16.4. The summed E-state index contributed by atoms with van der Waals surface area (Å²) >= 11 is 0. The summed E-state index contributed by atoms with van der Waals surface area (Å²) in [6.07, 6.45) is 6.13. The zero-order valence-corrected chi connectivity index (χ0v) is 16.5. The maximum atomic E-state index is 13.7. The molecule has 5 heteroatoms. The smallest absolute Gasteiger partial charge is 0.271 e. The Kier molecular flexibility index (Phi) is 4.47. The summed E-state index contributed by atoms with van der Waals surface area (Å²) in [5, 5.41) is 4.64. The number of hydrogen-bond donors (Lipinski definition) is 2. The molecule has 1 aromatic heterocycles. The number of hydrogen-bond acceptors (Lipinski definition) is 4. The van der Waals surface area contributed by atoms with Crippen molar-refractivity contribution >= 4 is 5.82 Å². The van der Waals surface area contributed by atoms with Gasteiger partial charge in [-0.1, -0.05) is 67.4 Å². The highest BCUT2D eigenvalue weighted by Gasteiger charge is 2.44. The van der Waals surface area contributed by atoms with Gasteiger partial charge in [0.05, 0.1) is 0 Å². The van der Waals surface area contributed by atoms with E-state index in [-0.39, 0.29) is 11.0 Å². The number of nitrogen functional groups attached to an aromatic ring is 1. The van der Waals surface area contributed by atoms with Gasteiger partial charge in [0.1, 0.15) is 0 Å². The van der Waals surface area contributed by atoms with Gasteiger partial charge in [-0.05, 0) is 42.4 Å². The third-order valence-electron chi connectivity index (χ3n) is 6.65. The molecule has 0 saturated heterocycles. The van der Waals surface area contributed by atoms with Crippen LogP contribution < -0.4 is 16.8 Å². The zero-order valence-electron chi connectivity index (χ0n) is 16.5. The fraction of sp³-hybridized carbons (Fsp3) is 0.333. The topological polar surface area (TPSA) is 72.9 Å². The summed E-state index contributed by atoms with van der Waals surface area (Å²) in [4.78, 5) is 13.7. The molecule has 29 heavy (non-hydrogen) atoms. The van der Waals surface area contributed by atoms with Crippen LogP contribution in [-0.4, -0.2) is 9.78 Å². The monoisotopic (exact) mass is 386 g/mol. The first-order valence-corrected chi connectivity index (χ1v) is 10.5. The van der Waals surface area contributed by atoms with Crippen LogP contribution in [-0.2, 0) is 24.8 Å². The van der Waals surface area contributed by atoms with Crippen molar-refractivity contribution < 1.29 is 0 Å². The second kappa shape index (κ2) is 7.16. The number of nitrogens with zero attached hydrogens (tertiary/aromatic N) is 2. The average Bonchev–Trinajstić information content (AvgIpc) is 3.22. The molecule has 2 aliphatic rings. The van der Waals surface area contributed by atoms with Crippen molar-refractivity contribution in [3.05, 3.63) is 81.6 Å². The number of aromatic nitrogens is 2. The lowest BCUT2D eigenvalue weighted by molar-refractivity contribution is 0.418. The van der Waals surface area contributed by atoms with Gasteiger partial charge in [-0.15, -0.1) is 0 Å². The molecule has 0 aliphatic heterocycles. The van der Waals surface area contributed by atoms with Crippen LogP contribution in [0.5, 0.6) is 0 Å². The molecule has 3 aromatic rings. The first kappa shape index (κ1) is 18.1. The van der Waals surface area contributed by atoms with E-state index in [9.17, 15) is 4.79 Å². The van der Waals surface area contributed by atoms with Gasteiger partial charge in [-0.25, -0.2) is 10.5 Å². The van der Waals surface area contributed by atoms with Gasteiger partial charge < -0.3 is 5.43 Å². The highest BCUT2D eigenvalue weighted by molar-refractivity contribution is 5.83. The Bertz CT molecular complexity index is 1100. The van der Waals surface area contributed by atoms with Crippen LogP contribution in [0.4, 0.5) is 5.82 Å². The number of nitrogens with one attached hydrogen (secondary N) is 1. The van der Waals surface area contributed by atoms with E-state index in [4.69, 9.17) is 5.84 Å². The molecule has 0 amide bonds. The van der Waals surface area contributed by atoms with Gasteiger partial charge >= 0.3 is 0 Å². The van der Waals surface area contributed by atoms with Gasteiger partial charge in [0.15, 0.2) is 5.82 Å². The van der Waals surface area contributed by atoms with Crippen molar-refractivity contribution in [1.82, 2.24) is 9.78 Å². The first-order valence-electron chi connectivity index (χ1n) is 10.5. The van der Waals surface area contributed by atoms with Crippen LogP contribution in [0.2, 0.25) is 0 Å². The third kappa shape index (κ3) is 2.97. The maximum Gasteiger partial charge on any atom is 0.271 e. The van der Waals surface area contributed by atoms with Gasteiger partial charge in [0.25, 0.3) is 5.56 Å². The Labute approximate surface area is 170 Å². The second-order valence-corrected chi connectivity index (χ2v) is 8.33. The highest BCUT2D eigenvalue weighted by Crippen LogP contribution is 2.51. The predicted octanol–water partition coefficient (Wildman–Crippen LogP) is 3.81. The number of hydrazine groups is 1.